The highest BCUT2D eigenvalue weighted by Gasteiger charge is 2.13. The van der Waals surface area contributed by atoms with Crippen LogP contribution >= 0.6 is 22.9 Å². The van der Waals surface area contributed by atoms with Crippen molar-refractivity contribution in [3.05, 3.63) is 47.0 Å². The molecule has 0 bridgehead atoms. The molecule has 0 aliphatic heterocycles. The molecule has 2 N–H and O–H groups in total. The predicted octanol–water partition coefficient (Wildman–Crippen LogP) is 3.78. The summed E-state index contributed by atoms with van der Waals surface area (Å²) in [4.78, 5) is 18.6. The third-order valence-corrected chi connectivity index (χ3v) is 5.04. The average molecular weight is 377 g/mol. The molecule has 25 heavy (non-hydrogen) atoms. The van der Waals surface area contributed by atoms with Crippen LogP contribution in [0.5, 0.6) is 5.75 Å². The third kappa shape index (κ3) is 3.62. The summed E-state index contributed by atoms with van der Waals surface area (Å²) in [5, 5.41) is 1.12. The lowest BCUT2D eigenvalue weighted by Gasteiger charge is -2.12. The largest absolute Gasteiger partial charge is 0.494 e. The van der Waals surface area contributed by atoms with Gasteiger partial charge in [0.1, 0.15) is 11.3 Å². The number of rotatable bonds is 5. The van der Waals surface area contributed by atoms with E-state index < -0.39 is 0 Å². The number of halogens is 1. The van der Waals surface area contributed by atoms with E-state index in [0.717, 1.165) is 10.4 Å². The van der Waals surface area contributed by atoms with Gasteiger partial charge in [-0.25, -0.2) is 4.98 Å². The maximum absolute atomic E-state index is 12.2. The van der Waals surface area contributed by atoms with Crippen molar-refractivity contribution in [1.82, 2.24) is 10.4 Å². The molecule has 0 spiro atoms. The fourth-order valence-corrected chi connectivity index (χ4v) is 3.37. The Morgan fingerprint density at radius 2 is 1.92 bits per heavy atom. The Labute approximate surface area is 154 Å². The van der Waals surface area contributed by atoms with Crippen molar-refractivity contribution < 1.29 is 9.53 Å². The second-order valence-electron chi connectivity index (χ2n) is 5.47. The summed E-state index contributed by atoms with van der Waals surface area (Å²) < 4.78 is 6.09. The molecule has 3 aromatic rings. The van der Waals surface area contributed by atoms with E-state index in [1.165, 1.54) is 11.3 Å². The van der Waals surface area contributed by atoms with Gasteiger partial charge in [-0.15, -0.1) is 0 Å². The first-order valence-electron chi connectivity index (χ1n) is 7.46. The molecular formula is C17H17ClN4O2S. The van der Waals surface area contributed by atoms with Gasteiger partial charge in [-0.05, 0) is 36.4 Å². The summed E-state index contributed by atoms with van der Waals surface area (Å²) in [5.41, 5.74) is 7.71. The molecule has 0 saturated carbocycles. The first kappa shape index (κ1) is 17.3. The Morgan fingerprint density at radius 1 is 1.20 bits per heavy atom. The van der Waals surface area contributed by atoms with Crippen LogP contribution in [0.2, 0.25) is 5.02 Å². The Kier molecular flexibility index (Phi) is 4.96. The Bertz CT molecular complexity index is 909. The molecule has 0 saturated heterocycles. The maximum Gasteiger partial charge on any atom is 0.269 e. The van der Waals surface area contributed by atoms with Gasteiger partial charge in [0, 0.05) is 25.3 Å². The fraction of sp³-hybridized carbons (Fsp3) is 0.176. The van der Waals surface area contributed by atoms with E-state index in [2.05, 4.69) is 15.8 Å². The van der Waals surface area contributed by atoms with E-state index in [4.69, 9.17) is 16.3 Å². The maximum atomic E-state index is 12.2. The quantitative estimate of drug-likeness (QED) is 0.663. The highest BCUT2D eigenvalue weighted by atomic mass is 35.5. The van der Waals surface area contributed by atoms with E-state index in [-0.39, 0.29) is 5.91 Å². The fourth-order valence-electron chi connectivity index (χ4n) is 2.26. The number of thiazole rings is 1. The van der Waals surface area contributed by atoms with Gasteiger partial charge in [-0.1, -0.05) is 22.9 Å². The molecule has 0 aliphatic carbocycles. The van der Waals surface area contributed by atoms with Gasteiger partial charge in [0.05, 0.1) is 16.8 Å². The Morgan fingerprint density at radius 3 is 2.56 bits per heavy atom. The number of nitrogens with one attached hydrogen (secondary N) is 2. The number of aromatic nitrogens is 1. The van der Waals surface area contributed by atoms with Gasteiger partial charge in [0.15, 0.2) is 0 Å². The zero-order valence-corrected chi connectivity index (χ0v) is 15.5. The number of fused-ring (bicyclic) bond motifs is 1. The van der Waals surface area contributed by atoms with Gasteiger partial charge in [0.25, 0.3) is 5.91 Å². The number of anilines is 2. The molecule has 0 radical (unpaired) electrons. The van der Waals surface area contributed by atoms with Gasteiger partial charge < -0.3 is 9.64 Å². The van der Waals surface area contributed by atoms with E-state index in [1.807, 2.05) is 31.1 Å². The summed E-state index contributed by atoms with van der Waals surface area (Å²) in [6.45, 7) is 0. The van der Waals surface area contributed by atoms with Crippen molar-refractivity contribution in [3.8, 4) is 5.75 Å². The van der Waals surface area contributed by atoms with Crippen LogP contribution in [-0.2, 0) is 0 Å². The lowest BCUT2D eigenvalue weighted by molar-refractivity contribution is 0.0962. The lowest BCUT2D eigenvalue weighted by atomic mass is 10.2. The van der Waals surface area contributed by atoms with Gasteiger partial charge in [0.2, 0.25) is 5.13 Å². The van der Waals surface area contributed by atoms with Crippen molar-refractivity contribution in [2.45, 2.75) is 0 Å². The molecular weight excluding hydrogens is 360 g/mol. The highest BCUT2D eigenvalue weighted by Crippen LogP contribution is 2.37. The van der Waals surface area contributed by atoms with Crippen molar-refractivity contribution in [3.63, 3.8) is 0 Å². The van der Waals surface area contributed by atoms with Crippen molar-refractivity contribution in [2.24, 2.45) is 0 Å². The van der Waals surface area contributed by atoms with E-state index >= 15 is 0 Å². The summed E-state index contributed by atoms with van der Waals surface area (Å²) in [7, 11) is 5.47. The van der Waals surface area contributed by atoms with Crippen LogP contribution in [0.25, 0.3) is 10.2 Å². The molecule has 130 valence electrons. The van der Waals surface area contributed by atoms with Crippen molar-refractivity contribution >= 4 is 49.9 Å². The van der Waals surface area contributed by atoms with E-state index in [0.29, 0.717) is 27.0 Å². The predicted molar refractivity (Wildman–Crippen MR) is 103 cm³/mol. The normalized spacial score (nSPS) is 10.6. The molecule has 0 unspecified atom stereocenters. The smallest absolute Gasteiger partial charge is 0.269 e. The Balaban J connectivity index is 1.74. The van der Waals surface area contributed by atoms with Crippen molar-refractivity contribution in [1.29, 1.82) is 0 Å². The number of amides is 1. The number of hydrogen-bond donors (Lipinski definition) is 2. The zero-order valence-electron chi connectivity index (χ0n) is 14.0. The summed E-state index contributed by atoms with van der Waals surface area (Å²) >= 11 is 7.54. The van der Waals surface area contributed by atoms with Gasteiger partial charge >= 0.3 is 0 Å². The SMILES string of the molecule is COc1ccc(Cl)c2sc(NNC(=O)c3ccc(N(C)C)cc3)nc12. The molecule has 1 heterocycles. The number of benzene rings is 2. The number of hydrazine groups is 1. The number of carbonyl (C=O) groups is 1. The van der Waals surface area contributed by atoms with Crippen LogP contribution in [0.1, 0.15) is 10.4 Å². The lowest BCUT2D eigenvalue weighted by Crippen LogP contribution is -2.29. The van der Waals surface area contributed by atoms with Crippen LogP contribution in [-0.4, -0.2) is 32.1 Å². The molecule has 2 aromatic carbocycles. The minimum Gasteiger partial charge on any atom is -0.494 e. The van der Waals surface area contributed by atoms with E-state index in [1.54, 1.807) is 31.4 Å². The summed E-state index contributed by atoms with van der Waals surface area (Å²) in [5.74, 6) is 0.386. The number of methoxy groups -OCH3 is 1. The van der Waals surface area contributed by atoms with Crippen molar-refractivity contribution in [2.75, 3.05) is 31.5 Å². The van der Waals surface area contributed by atoms with Gasteiger partial charge in [-0.2, -0.15) is 0 Å². The number of nitrogens with zero attached hydrogens (tertiary/aromatic N) is 2. The highest BCUT2D eigenvalue weighted by molar-refractivity contribution is 7.22. The average Bonchev–Trinajstić information content (AvgIpc) is 3.05. The second-order valence-corrected chi connectivity index (χ2v) is 6.87. The standard InChI is InChI=1S/C17H17ClN4O2S/c1-22(2)11-6-4-10(5-7-11)16(23)20-21-17-19-14-13(24-3)9-8-12(18)15(14)25-17/h4-9H,1-3H3,(H,19,21)(H,20,23). The minimum atomic E-state index is -0.248. The zero-order chi connectivity index (χ0) is 18.0. The van der Waals surface area contributed by atoms with Crippen LogP contribution in [0.15, 0.2) is 36.4 Å². The molecule has 1 aromatic heterocycles. The number of carbonyl (C=O) groups excluding carboxylic acids is 1. The van der Waals surface area contributed by atoms with Crippen LogP contribution < -0.4 is 20.5 Å². The van der Waals surface area contributed by atoms with Gasteiger partial charge in [-0.3, -0.25) is 15.6 Å². The topological polar surface area (TPSA) is 66.5 Å². The molecule has 8 heteroatoms. The molecule has 0 fully saturated rings. The molecule has 0 atom stereocenters. The molecule has 1 amide bonds. The first-order valence-corrected chi connectivity index (χ1v) is 8.66. The van der Waals surface area contributed by atoms with Crippen LogP contribution in [0, 0.1) is 0 Å². The molecule has 0 aliphatic rings. The monoisotopic (exact) mass is 376 g/mol. The molecule has 3 rings (SSSR count). The Hall–Kier alpha value is -2.51. The van der Waals surface area contributed by atoms with E-state index in [9.17, 15) is 4.79 Å². The summed E-state index contributed by atoms with van der Waals surface area (Å²) in [6, 6.07) is 10.8. The summed E-state index contributed by atoms with van der Waals surface area (Å²) in [6.07, 6.45) is 0. The molecule has 6 nitrogen and oxygen atoms in total. The number of hydrogen-bond acceptors (Lipinski definition) is 6. The van der Waals surface area contributed by atoms with Crippen LogP contribution in [0.3, 0.4) is 0 Å². The second kappa shape index (κ2) is 7.16. The van der Waals surface area contributed by atoms with Crippen LogP contribution in [0.4, 0.5) is 10.8 Å². The minimum absolute atomic E-state index is 0.248. The third-order valence-electron chi connectivity index (χ3n) is 3.61. The number of ether oxygens (including phenoxy) is 1. The first-order chi connectivity index (χ1) is 12.0.